The summed E-state index contributed by atoms with van der Waals surface area (Å²) in [7, 11) is 2.14. The van der Waals surface area contributed by atoms with Gasteiger partial charge in [0.25, 0.3) is 0 Å². The molecule has 0 fully saturated rings. The van der Waals surface area contributed by atoms with E-state index in [2.05, 4.69) is 53.9 Å². The van der Waals surface area contributed by atoms with Gasteiger partial charge in [-0.3, -0.25) is 4.90 Å². The molecule has 0 spiro atoms. The van der Waals surface area contributed by atoms with Crippen molar-refractivity contribution in [3.05, 3.63) is 20.8 Å². The van der Waals surface area contributed by atoms with Gasteiger partial charge < -0.3 is 5.73 Å². The first-order valence-corrected chi connectivity index (χ1v) is 6.88. The molecular weight excluding hydrogens is 272 g/mol. The quantitative estimate of drug-likeness (QED) is 0.902. The lowest BCUT2D eigenvalue weighted by molar-refractivity contribution is 0.223. The number of likely N-dealkylation sites (N-methyl/N-ethyl adjacent to an activating group) is 1. The number of nitrogens with zero attached hydrogens (tertiary/aromatic N) is 1. The average Bonchev–Trinajstić information content (AvgIpc) is 2.51. The Balaban J connectivity index is 2.82. The van der Waals surface area contributed by atoms with Gasteiger partial charge in [0, 0.05) is 10.9 Å². The second-order valence-electron chi connectivity index (χ2n) is 3.93. The monoisotopic (exact) mass is 290 g/mol. The fourth-order valence-electron chi connectivity index (χ4n) is 1.86. The van der Waals surface area contributed by atoms with Crippen LogP contribution in [-0.2, 0) is 0 Å². The number of hydrogen-bond acceptors (Lipinski definition) is 3. The maximum Gasteiger partial charge on any atom is 0.0702 e. The van der Waals surface area contributed by atoms with Gasteiger partial charge in [0.2, 0.25) is 0 Å². The predicted molar refractivity (Wildman–Crippen MR) is 71.3 cm³/mol. The van der Waals surface area contributed by atoms with Crippen LogP contribution in [0.1, 0.15) is 31.2 Å². The molecule has 1 aromatic rings. The number of halogens is 1. The number of hydrogen-bond donors (Lipinski definition) is 1. The van der Waals surface area contributed by atoms with Gasteiger partial charge in [-0.1, -0.05) is 6.92 Å². The summed E-state index contributed by atoms with van der Waals surface area (Å²) in [5.41, 5.74) is 6.06. The Kier molecular flexibility index (Phi) is 5.26. The van der Waals surface area contributed by atoms with E-state index < -0.39 is 0 Å². The molecule has 0 aromatic carbocycles. The molecule has 1 rings (SSSR count). The number of thiophene rings is 1. The minimum Gasteiger partial charge on any atom is -0.326 e. The third-order valence-electron chi connectivity index (χ3n) is 2.43. The molecule has 2 nitrogen and oxygen atoms in total. The van der Waals surface area contributed by atoms with Crippen LogP contribution in [0.2, 0.25) is 0 Å². The van der Waals surface area contributed by atoms with Crippen molar-refractivity contribution in [1.82, 2.24) is 4.90 Å². The third-order valence-corrected chi connectivity index (χ3v) is 4.13. The lowest BCUT2D eigenvalue weighted by atomic mass is 10.1. The lowest BCUT2D eigenvalue weighted by Gasteiger charge is -2.29. The van der Waals surface area contributed by atoms with Crippen LogP contribution in [0.15, 0.2) is 15.9 Å². The first-order chi connectivity index (χ1) is 7.06. The van der Waals surface area contributed by atoms with Crippen molar-refractivity contribution in [1.29, 1.82) is 0 Å². The molecular formula is C11H19BrN2S. The van der Waals surface area contributed by atoms with Crippen molar-refractivity contribution < 1.29 is 0 Å². The molecule has 0 amide bonds. The standard InChI is InChI=1S/C11H19BrN2S/c1-4-7-14(3)11(8(2)13)9-5-6-10(12)15-9/h5-6,8,11H,4,7,13H2,1-3H3. The van der Waals surface area contributed by atoms with E-state index >= 15 is 0 Å². The SMILES string of the molecule is CCCN(C)C(c1ccc(Br)s1)C(C)N. The molecule has 1 heterocycles. The molecule has 0 aliphatic carbocycles. The molecule has 0 aliphatic heterocycles. The minimum atomic E-state index is 0.159. The highest BCUT2D eigenvalue weighted by Crippen LogP contribution is 2.31. The van der Waals surface area contributed by atoms with E-state index in [1.807, 2.05) is 0 Å². The van der Waals surface area contributed by atoms with Crippen molar-refractivity contribution in [3.63, 3.8) is 0 Å². The molecule has 2 unspecified atom stereocenters. The van der Waals surface area contributed by atoms with E-state index in [0.29, 0.717) is 6.04 Å². The Bertz CT molecular complexity index is 299. The summed E-state index contributed by atoms with van der Waals surface area (Å²) < 4.78 is 1.17. The number of nitrogens with two attached hydrogens (primary N) is 1. The highest BCUT2D eigenvalue weighted by atomic mass is 79.9. The molecule has 0 aliphatic rings. The average molecular weight is 291 g/mol. The summed E-state index contributed by atoms with van der Waals surface area (Å²) in [5.74, 6) is 0. The summed E-state index contributed by atoms with van der Waals surface area (Å²) in [5, 5.41) is 0. The van der Waals surface area contributed by atoms with E-state index in [1.165, 1.54) is 8.66 Å². The van der Waals surface area contributed by atoms with Crippen LogP contribution in [0.25, 0.3) is 0 Å². The zero-order valence-corrected chi connectivity index (χ0v) is 11.9. The fourth-order valence-corrected chi connectivity index (χ4v) is 3.56. The van der Waals surface area contributed by atoms with E-state index in [1.54, 1.807) is 11.3 Å². The third kappa shape index (κ3) is 3.55. The van der Waals surface area contributed by atoms with Crippen molar-refractivity contribution in [3.8, 4) is 0 Å². The summed E-state index contributed by atoms with van der Waals surface area (Å²) in [6, 6.07) is 4.75. The largest absolute Gasteiger partial charge is 0.326 e. The Morgan fingerprint density at radius 1 is 1.53 bits per heavy atom. The maximum absolute atomic E-state index is 6.06. The Hall–Kier alpha value is 0.1000. The van der Waals surface area contributed by atoms with Gasteiger partial charge in [0.05, 0.1) is 9.83 Å². The summed E-state index contributed by atoms with van der Waals surface area (Å²) in [4.78, 5) is 3.68. The molecule has 2 N–H and O–H groups in total. The van der Waals surface area contributed by atoms with Gasteiger partial charge in [0.15, 0.2) is 0 Å². The van der Waals surface area contributed by atoms with Gasteiger partial charge >= 0.3 is 0 Å². The highest BCUT2D eigenvalue weighted by Gasteiger charge is 2.21. The molecule has 86 valence electrons. The Morgan fingerprint density at radius 2 is 2.20 bits per heavy atom. The molecule has 2 atom stereocenters. The normalized spacial score (nSPS) is 15.6. The summed E-state index contributed by atoms with van der Waals surface area (Å²) >= 11 is 5.27. The zero-order valence-electron chi connectivity index (χ0n) is 9.53. The zero-order chi connectivity index (χ0) is 11.4. The van der Waals surface area contributed by atoms with Crippen molar-refractivity contribution in [2.24, 2.45) is 5.73 Å². The van der Waals surface area contributed by atoms with Crippen molar-refractivity contribution in [2.45, 2.75) is 32.4 Å². The Morgan fingerprint density at radius 3 is 2.60 bits per heavy atom. The van der Waals surface area contributed by atoms with E-state index in [9.17, 15) is 0 Å². The first-order valence-electron chi connectivity index (χ1n) is 5.27. The molecule has 0 radical (unpaired) electrons. The van der Waals surface area contributed by atoms with Crippen LogP contribution in [0.3, 0.4) is 0 Å². The highest BCUT2D eigenvalue weighted by molar-refractivity contribution is 9.11. The topological polar surface area (TPSA) is 29.3 Å². The second-order valence-corrected chi connectivity index (χ2v) is 6.42. The van der Waals surface area contributed by atoms with E-state index in [0.717, 1.165) is 13.0 Å². The van der Waals surface area contributed by atoms with Crippen LogP contribution in [0.5, 0.6) is 0 Å². The van der Waals surface area contributed by atoms with Gasteiger partial charge in [-0.15, -0.1) is 11.3 Å². The smallest absolute Gasteiger partial charge is 0.0702 e. The fraction of sp³-hybridized carbons (Fsp3) is 0.636. The van der Waals surface area contributed by atoms with Gasteiger partial charge in [-0.25, -0.2) is 0 Å². The Labute approximate surface area is 105 Å². The van der Waals surface area contributed by atoms with Gasteiger partial charge in [-0.05, 0) is 55.0 Å². The maximum atomic E-state index is 6.06. The number of rotatable bonds is 5. The first kappa shape index (κ1) is 13.2. The lowest BCUT2D eigenvalue weighted by Crippen LogP contribution is -2.37. The van der Waals surface area contributed by atoms with E-state index in [-0.39, 0.29) is 6.04 Å². The van der Waals surface area contributed by atoms with Crippen LogP contribution >= 0.6 is 27.3 Å². The molecule has 0 bridgehead atoms. The van der Waals surface area contributed by atoms with Gasteiger partial charge in [-0.2, -0.15) is 0 Å². The van der Waals surface area contributed by atoms with Gasteiger partial charge in [0.1, 0.15) is 0 Å². The second kappa shape index (κ2) is 5.99. The summed E-state index contributed by atoms with van der Waals surface area (Å²) in [6.45, 7) is 5.35. The molecule has 15 heavy (non-hydrogen) atoms. The summed E-state index contributed by atoms with van der Waals surface area (Å²) in [6.07, 6.45) is 1.16. The van der Waals surface area contributed by atoms with Crippen molar-refractivity contribution >= 4 is 27.3 Å². The van der Waals surface area contributed by atoms with Crippen LogP contribution in [-0.4, -0.2) is 24.5 Å². The van der Waals surface area contributed by atoms with Crippen LogP contribution < -0.4 is 5.73 Å². The van der Waals surface area contributed by atoms with Crippen LogP contribution in [0.4, 0.5) is 0 Å². The molecule has 4 heteroatoms. The van der Waals surface area contributed by atoms with E-state index in [4.69, 9.17) is 5.73 Å². The van der Waals surface area contributed by atoms with Crippen molar-refractivity contribution in [2.75, 3.05) is 13.6 Å². The molecule has 0 saturated carbocycles. The predicted octanol–water partition coefficient (Wildman–Crippen LogP) is 3.24. The van der Waals surface area contributed by atoms with Crippen LogP contribution in [0, 0.1) is 0 Å². The molecule has 1 aromatic heterocycles. The minimum absolute atomic E-state index is 0.159. The molecule has 0 saturated heterocycles.